The zero-order chi connectivity index (χ0) is 16.7. The fraction of sp³-hybridized carbons (Fsp3) is 0.611. The van der Waals surface area contributed by atoms with Crippen LogP contribution >= 0.6 is 0 Å². The molecule has 0 heterocycles. The average molecular weight is 321 g/mol. The third-order valence-corrected chi connectivity index (χ3v) is 4.34. The highest BCUT2D eigenvalue weighted by Crippen LogP contribution is 2.38. The molecule has 0 aliphatic heterocycles. The van der Waals surface area contributed by atoms with E-state index in [1.807, 2.05) is 12.1 Å². The van der Waals surface area contributed by atoms with Gasteiger partial charge in [0, 0.05) is 12.5 Å². The molecule has 0 unspecified atom stereocenters. The number of aryl methyl sites for hydroxylation is 1. The van der Waals surface area contributed by atoms with E-state index in [4.69, 9.17) is 14.2 Å². The van der Waals surface area contributed by atoms with Crippen molar-refractivity contribution in [2.75, 3.05) is 21.3 Å². The molecular weight excluding hydrogens is 294 g/mol. The van der Waals surface area contributed by atoms with Crippen LogP contribution in [0.2, 0.25) is 0 Å². The molecular formula is C18H27NO4. The van der Waals surface area contributed by atoms with Crippen LogP contribution in [-0.2, 0) is 11.2 Å². The van der Waals surface area contributed by atoms with Gasteiger partial charge in [0.15, 0.2) is 11.5 Å². The van der Waals surface area contributed by atoms with Gasteiger partial charge >= 0.3 is 0 Å². The second-order valence-electron chi connectivity index (χ2n) is 5.94. The van der Waals surface area contributed by atoms with Crippen molar-refractivity contribution >= 4 is 5.91 Å². The molecule has 1 fully saturated rings. The minimum Gasteiger partial charge on any atom is -0.493 e. The van der Waals surface area contributed by atoms with Gasteiger partial charge in [-0.3, -0.25) is 4.79 Å². The molecule has 1 amide bonds. The molecule has 5 nitrogen and oxygen atoms in total. The first kappa shape index (κ1) is 17.4. The predicted molar refractivity (Wildman–Crippen MR) is 89.4 cm³/mol. The average Bonchev–Trinajstić information content (AvgIpc) is 2.59. The number of rotatable bonds is 7. The SMILES string of the molecule is COc1cc(CCC(=O)NC2CCCCC2)cc(OC)c1OC. The van der Waals surface area contributed by atoms with Crippen LogP contribution in [-0.4, -0.2) is 33.3 Å². The molecule has 5 heteroatoms. The van der Waals surface area contributed by atoms with Gasteiger partial charge in [-0.2, -0.15) is 0 Å². The van der Waals surface area contributed by atoms with E-state index in [1.54, 1.807) is 21.3 Å². The minimum absolute atomic E-state index is 0.116. The molecule has 1 saturated carbocycles. The second kappa shape index (κ2) is 8.65. The molecule has 1 aliphatic rings. The van der Waals surface area contributed by atoms with Crippen molar-refractivity contribution in [2.45, 2.75) is 51.0 Å². The van der Waals surface area contributed by atoms with E-state index in [0.29, 0.717) is 36.1 Å². The molecule has 2 rings (SSSR count). The monoisotopic (exact) mass is 321 g/mol. The summed E-state index contributed by atoms with van der Waals surface area (Å²) in [5.41, 5.74) is 0.998. The van der Waals surface area contributed by atoms with Crippen LogP contribution in [0.25, 0.3) is 0 Å². The molecule has 1 aromatic rings. The first-order valence-corrected chi connectivity index (χ1v) is 8.26. The summed E-state index contributed by atoms with van der Waals surface area (Å²) in [4.78, 5) is 12.1. The number of benzene rings is 1. The van der Waals surface area contributed by atoms with Crippen molar-refractivity contribution in [3.8, 4) is 17.2 Å². The number of carbonyl (C=O) groups excluding carboxylic acids is 1. The molecule has 0 saturated heterocycles. The predicted octanol–water partition coefficient (Wildman–Crippen LogP) is 3.09. The number of hydrogen-bond donors (Lipinski definition) is 1. The van der Waals surface area contributed by atoms with E-state index >= 15 is 0 Å². The summed E-state index contributed by atoms with van der Waals surface area (Å²) < 4.78 is 16.0. The number of ether oxygens (including phenoxy) is 3. The molecule has 0 spiro atoms. The van der Waals surface area contributed by atoms with Crippen molar-refractivity contribution in [3.05, 3.63) is 17.7 Å². The zero-order valence-electron chi connectivity index (χ0n) is 14.3. The fourth-order valence-electron chi connectivity index (χ4n) is 3.08. The second-order valence-corrected chi connectivity index (χ2v) is 5.94. The molecule has 0 radical (unpaired) electrons. The van der Waals surface area contributed by atoms with E-state index in [0.717, 1.165) is 18.4 Å². The van der Waals surface area contributed by atoms with Crippen LogP contribution in [0.15, 0.2) is 12.1 Å². The summed E-state index contributed by atoms with van der Waals surface area (Å²) in [7, 11) is 4.77. The summed E-state index contributed by atoms with van der Waals surface area (Å²) in [6, 6.07) is 4.15. The van der Waals surface area contributed by atoms with Crippen molar-refractivity contribution < 1.29 is 19.0 Å². The van der Waals surface area contributed by atoms with Crippen LogP contribution in [0.4, 0.5) is 0 Å². The Morgan fingerprint density at radius 3 is 2.17 bits per heavy atom. The molecule has 128 valence electrons. The van der Waals surface area contributed by atoms with Gasteiger partial charge in [0.2, 0.25) is 11.7 Å². The van der Waals surface area contributed by atoms with E-state index in [1.165, 1.54) is 19.3 Å². The number of amides is 1. The van der Waals surface area contributed by atoms with Gasteiger partial charge in [-0.15, -0.1) is 0 Å². The van der Waals surface area contributed by atoms with Gasteiger partial charge < -0.3 is 19.5 Å². The lowest BCUT2D eigenvalue weighted by Gasteiger charge is -2.22. The number of methoxy groups -OCH3 is 3. The summed E-state index contributed by atoms with van der Waals surface area (Å²) >= 11 is 0. The lowest BCUT2D eigenvalue weighted by molar-refractivity contribution is -0.121. The molecule has 1 aliphatic carbocycles. The Morgan fingerprint density at radius 2 is 1.65 bits per heavy atom. The van der Waals surface area contributed by atoms with Crippen LogP contribution in [0.5, 0.6) is 17.2 Å². The highest BCUT2D eigenvalue weighted by atomic mass is 16.5. The minimum atomic E-state index is 0.116. The maximum Gasteiger partial charge on any atom is 0.220 e. The van der Waals surface area contributed by atoms with Crippen molar-refractivity contribution in [2.24, 2.45) is 0 Å². The van der Waals surface area contributed by atoms with Crippen LogP contribution < -0.4 is 19.5 Å². The van der Waals surface area contributed by atoms with Gasteiger partial charge in [0.05, 0.1) is 21.3 Å². The van der Waals surface area contributed by atoms with Crippen LogP contribution in [0.3, 0.4) is 0 Å². The smallest absolute Gasteiger partial charge is 0.220 e. The Morgan fingerprint density at radius 1 is 1.04 bits per heavy atom. The topological polar surface area (TPSA) is 56.8 Å². The number of hydrogen-bond acceptors (Lipinski definition) is 4. The maximum absolute atomic E-state index is 12.1. The molecule has 0 atom stereocenters. The Bertz CT molecular complexity index is 499. The Balaban J connectivity index is 1.95. The lowest BCUT2D eigenvalue weighted by atomic mass is 9.95. The third-order valence-electron chi connectivity index (χ3n) is 4.34. The molecule has 1 N–H and O–H groups in total. The van der Waals surface area contributed by atoms with Gasteiger partial charge in [0.25, 0.3) is 0 Å². The fourth-order valence-corrected chi connectivity index (χ4v) is 3.08. The summed E-state index contributed by atoms with van der Waals surface area (Å²) in [6.07, 6.45) is 7.06. The van der Waals surface area contributed by atoms with Crippen molar-refractivity contribution in [1.29, 1.82) is 0 Å². The lowest BCUT2D eigenvalue weighted by Crippen LogP contribution is -2.36. The quantitative estimate of drug-likeness (QED) is 0.838. The standard InChI is InChI=1S/C18H27NO4/c1-21-15-11-13(12-16(22-2)18(15)23-3)9-10-17(20)19-14-7-5-4-6-8-14/h11-12,14H,4-10H2,1-3H3,(H,19,20). The van der Waals surface area contributed by atoms with Crippen LogP contribution in [0.1, 0.15) is 44.1 Å². The third kappa shape index (κ3) is 4.78. The number of carbonyl (C=O) groups is 1. The zero-order valence-corrected chi connectivity index (χ0v) is 14.3. The summed E-state index contributed by atoms with van der Waals surface area (Å²) in [6.45, 7) is 0. The first-order chi connectivity index (χ1) is 11.2. The first-order valence-electron chi connectivity index (χ1n) is 8.26. The normalized spacial score (nSPS) is 15.1. The summed E-state index contributed by atoms with van der Waals surface area (Å²) in [5, 5.41) is 3.14. The molecule has 1 aromatic carbocycles. The maximum atomic E-state index is 12.1. The van der Waals surface area contributed by atoms with Gasteiger partial charge in [-0.1, -0.05) is 19.3 Å². The Kier molecular flexibility index (Phi) is 6.56. The van der Waals surface area contributed by atoms with Gasteiger partial charge in [0.1, 0.15) is 0 Å². The van der Waals surface area contributed by atoms with E-state index in [9.17, 15) is 4.79 Å². The van der Waals surface area contributed by atoms with E-state index < -0.39 is 0 Å². The highest BCUT2D eigenvalue weighted by molar-refractivity contribution is 5.76. The Labute approximate surface area is 138 Å². The van der Waals surface area contributed by atoms with Crippen molar-refractivity contribution in [1.82, 2.24) is 5.32 Å². The highest BCUT2D eigenvalue weighted by Gasteiger charge is 2.17. The molecule has 0 bridgehead atoms. The molecule has 0 aromatic heterocycles. The van der Waals surface area contributed by atoms with Gasteiger partial charge in [-0.25, -0.2) is 0 Å². The largest absolute Gasteiger partial charge is 0.493 e. The number of nitrogens with one attached hydrogen (secondary N) is 1. The van der Waals surface area contributed by atoms with Crippen molar-refractivity contribution in [3.63, 3.8) is 0 Å². The van der Waals surface area contributed by atoms with E-state index in [2.05, 4.69) is 5.32 Å². The Hall–Kier alpha value is -1.91. The summed E-state index contributed by atoms with van der Waals surface area (Å²) in [5.74, 6) is 1.93. The van der Waals surface area contributed by atoms with E-state index in [-0.39, 0.29) is 5.91 Å². The van der Waals surface area contributed by atoms with Crippen LogP contribution in [0, 0.1) is 0 Å². The molecule has 23 heavy (non-hydrogen) atoms. The van der Waals surface area contributed by atoms with Gasteiger partial charge in [-0.05, 0) is 37.0 Å².